The first-order chi connectivity index (χ1) is 16.9. The van der Waals surface area contributed by atoms with Gasteiger partial charge in [-0.15, -0.1) is 0 Å². The molecule has 1 unspecified atom stereocenters. The lowest BCUT2D eigenvalue weighted by molar-refractivity contribution is -0.146. The van der Waals surface area contributed by atoms with E-state index in [1.807, 2.05) is 25.1 Å². The Balaban J connectivity index is 1.58. The minimum absolute atomic E-state index is 0.0329. The van der Waals surface area contributed by atoms with E-state index in [-0.39, 0.29) is 30.4 Å². The Bertz CT molecular complexity index is 1020. The molecule has 1 aromatic heterocycles. The topological polar surface area (TPSA) is 110 Å². The van der Waals surface area contributed by atoms with Gasteiger partial charge in [0.05, 0.1) is 36.8 Å². The molecule has 2 aromatic rings. The molecule has 8 nitrogen and oxygen atoms in total. The predicted molar refractivity (Wildman–Crippen MR) is 135 cm³/mol. The van der Waals surface area contributed by atoms with Gasteiger partial charge in [-0.3, -0.25) is 9.59 Å². The van der Waals surface area contributed by atoms with Gasteiger partial charge < -0.3 is 25.2 Å². The van der Waals surface area contributed by atoms with E-state index in [0.29, 0.717) is 35.3 Å². The highest BCUT2D eigenvalue weighted by atomic mass is 35.5. The van der Waals surface area contributed by atoms with Gasteiger partial charge >= 0.3 is 5.97 Å². The van der Waals surface area contributed by atoms with Gasteiger partial charge in [-0.05, 0) is 68.7 Å². The van der Waals surface area contributed by atoms with Crippen LogP contribution in [0.3, 0.4) is 0 Å². The maximum atomic E-state index is 12.7. The van der Waals surface area contributed by atoms with Gasteiger partial charge in [-0.1, -0.05) is 17.7 Å². The summed E-state index contributed by atoms with van der Waals surface area (Å²) in [7, 11) is 3.03. The van der Waals surface area contributed by atoms with E-state index in [4.69, 9.17) is 21.1 Å². The summed E-state index contributed by atoms with van der Waals surface area (Å²) in [4.78, 5) is 28.7. The summed E-state index contributed by atoms with van der Waals surface area (Å²) in [6.07, 6.45) is 5.38. The zero-order valence-electron chi connectivity index (χ0n) is 20.5. The number of anilines is 1. The second kappa shape index (κ2) is 12.7. The SMILES string of the molecule is COc1ccc(CCO)cc1C(C)Nc1ncc(C(=O)NC[C@H]2CC[C@H](C(=O)OC)CC2)cc1Cl. The lowest BCUT2D eigenvalue weighted by Crippen LogP contribution is -2.32. The zero-order valence-corrected chi connectivity index (χ0v) is 21.2. The van der Waals surface area contributed by atoms with Crippen molar-refractivity contribution < 1.29 is 24.2 Å². The molecule has 190 valence electrons. The van der Waals surface area contributed by atoms with Crippen LogP contribution in [0.2, 0.25) is 5.02 Å². The Morgan fingerprint density at radius 2 is 1.94 bits per heavy atom. The lowest BCUT2D eigenvalue weighted by Gasteiger charge is -2.27. The van der Waals surface area contributed by atoms with Crippen LogP contribution >= 0.6 is 11.6 Å². The molecule has 0 spiro atoms. The Morgan fingerprint density at radius 1 is 1.20 bits per heavy atom. The number of halogens is 1. The summed E-state index contributed by atoms with van der Waals surface area (Å²) < 4.78 is 10.3. The van der Waals surface area contributed by atoms with Crippen LogP contribution in [0, 0.1) is 11.8 Å². The molecule has 1 amide bonds. The van der Waals surface area contributed by atoms with Gasteiger partial charge in [0.15, 0.2) is 0 Å². The molecule has 0 saturated heterocycles. The van der Waals surface area contributed by atoms with Crippen LogP contribution in [-0.2, 0) is 16.0 Å². The summed E-state index contributed by atoms with van der Waals surface area (Å²) in [6.45, 7) is 2.58. The second-order valence-corrected chi connectivity index (χ2v) is 9.33. The second-order valence-electron chi connectivity index (χ2n) is 8.92. The Morgan fingerprint density at radius 3 is 2.57 bits per heavy atom. The van der Waals surface area contributed by atoms with Crippen LogP contribution in [0.15, 0.2) is 30.5 Å². The highest BCUT2D eigenvalue weighted by molar-refractivity contribution is 6.33. The largest absolute Gasteiger partial charge is 0.496 e. The number of pyridine rings is 1. The number of benzene rings is 1. The fourth-order valence-corrected chi connectivity index (χ4v) is 4.69. The van der Waals surface area contributed by atoms with Crippen LogP contribution in [0.5, 0.6) is 5.75 Å². The minimum atomic E-state index is -0.229. The van der Waals surface area contributed by atoms with Gasteiger partial charge in [0.2, 0.25) is 0 Å². The first-order valence-corrected chi connectivity index (χ1v) is 12.3. The number of hydrogen-bond acceptors (Lipinski definition) is 7. The van der Waals surface area contributed by atoms with Crippen molar-refractivity contribution in [2.75, 3.05) is 32.7 Å². The molecular weight excluding hydrogens is 470 g/mol. The number of ether oxygens (including phenoxy) is 2. The number of aliphatic hydroxyl groups excluding tert-OH is 1. The van der Waals surface area contributed by atoms with E-state index in [0.717, 1.165) is 42.6 Å². The maximum Gasteiger partial charge on any atom is 0.308 e. The molecule has 1 aliphatic rings. The minimum Gasteiger partial charge on any atom is -0.496 e. The number of amides is 1. The van der Waals surface area contributed by atoms with E-state index in [1.54, 1.807) is 13.2 Å². The first kappa shape index (κ1) is 26.8. The van der Waals surface area contributed by atoms with E-state index in [9.17, 15) is 14.7 Å². The number of hydrogen-bond donors (Lipinski definition) is 3. The van der Waals surface area contributed by atoms with Crippen molar-refractivity contribution in [3.63, 3.8) is 0 Å². The van der Waals surface area contributed by atoms with E-state index >= 15 is 0 Å². The van der Waals surface area contributed by atoms with Crippen molar-refractivity contribution in [1.82, 2.24) is 10.3 Å². The number of nitrogens with zero attached hydrogens (tertiary/aromatic N) is 1. The molecular formula is C26H34ClN3O5. The number of carbonyl (C=O) groups is 2. The molecule has 1 atom stereocenters. The predicted octanol–water partition coefficient (Wildman–Crippen LogP) is 4.16. The summed E-state index contributed by atoms with van der Waals surface area (Å²) >= 11 is 6.45. The van der Waals surface area contributed by atoms with Gasteiger partial charge in [0.1, 0.15) is 11.6 Å². The molecule has 1 heterocycles. The van der Waals surface area contributed by atoms with Crippen LogP contribution in [0.4, 0.5) is 5.82 Å². The standard InChI is InChI=1S/C26H34ClN3O5/c1-16(21-12-17(10-11-31)6-9-23(21)34-2)30-24-22(27)13-20(15-28-24)25(32)29-14-18-4-7-19(8-5-18)26(33)35-3/h6,9,12-13,15-16,18-19,31H,4-5,7-8,10-11,14H2,1-3H3,(H,28,30)(H,29,32)/t16?,18-,19-. The van der Waals surface area contributed by atoms with Crippen molar-refractivity contribution in [3.05, 3.63) is 52.2 Å². The number of carbonyl (C=O) groups excluding carboxylic acids is 2. The number of aliphatic hydroxyl groups is 1. The molecule has 1 aliphatic carbocycles. The monoisotopic (exact) mass is 503 g/mol. The zero-order chi connectivity index (χ0) is 25.4. The van der Waals surface area contributed by atoms with Crippen molar-refractivity contribution in [2.45, 2.75) is 45.1 Å². The molecule has 0 radical (unpaired) electrons. The number of aromatic nitrogens is 1. The third kappa shape index (κ3) is 7.08. The van der Waals surface area contributed by atoms with Gasteiger partial charge in [-0.25, -0.2) is 4.98 Å². The maximum absolute atomic E-state index is 12.7. The molecule has 1 saturated carbocycles. The van der Waals surface area contributed by atoms with Gasteiger partial charge in [0.25, 0.3) is 5.91 Å². The average Bonchev–Trinajstić information content (AvgIpc) is 2.88. The number of rotatable bonds is 10. The van der Waals surface area contributed by atoms with Crippen molar-refractivity contribution in [3.8, 4) is 5.75 Å². The molecule has 1 aromatic carbocycles. The van der Waals surface area contributed by atoms with Crippen LogP contribution < -0.4 is 15.4 Å². The Labute approximate surface area is 211 Å². The van der Waals surface area contributed by atoms with Gasteiger partial charge in [0, 0.05) is 24.9 Å². The van der Waals surface area contributed by atoms with Crippen molar-refractivity contribution in [2.24, 2.45) is 11.8 Å². The molecule has 3 N–H and O–H groups in total. The van der Waals surface area contributed by atoms with E-state index in [1.165, 1.54) is 13.3 Å². The molecule has 0 aliphatic heterocycles. The number of esters is 1. The van der Waals surface area contributed by atoms with Gasteiger partial charge in [-0.2, -0.15) is 0 Å². The Kier molecular flexibility index (Phi) is 9.74. The fraction of sp³-hybridized carbons (Fsp3) is 0.500. The molecule has 35 heavy (non-hydrogen) atoms. The number of methoxy groups -OCH3 is 2. The highest BCUT2D eigenvalue weighted by Crippen LogP contribution is 2.31. The molecule has 3 rings (SSSR count). The normalized spacial score (nSPS) is 18.4. The smallest absolute Gasteiger partial charge is 0.308 e. The lowest BCUT2D eigenvalue weighted by atomic mass is 9.82. The number of nitrogens with one attached hydrogen (secondary N) is 2. The summed E-state index contributed by atoms with van der Waals surface area (Å²) in [5.74, 6) is 1.11. The molecule has 0 bridgehead atoms. The Hall–Kier alpha value is -2.84. The third-order valence-electron chi connectivity index (χ3n) is 6.55. The average molecular weight is 504 g/mol. The summed E-state index contributed by atoms with van der Waals surface area (Å²) in [6, 6.07) is 7.22. The molecule has 9 heteroatoms. The van der Waals surface area contributed by atoms with Crippen molar-refractivity contribution >= 4 is 29.3 Å². The molecule has 1 fully saturated rings. The van der Waals surface area contributed by atoms with Crippen LogP contribution in [-0.4, -0.2) is 49.3 Å². The quantitative estimate of drug-likeness (QED) is 0.417. The van der Waals surface area contributed by atoms with E-state index in [2.05, 4.69) is 15.6 Å². The fourth-order valence-electron chi connectivity index (χ4n) is 4.47. The van der Waals surface area contributed by atoms with Crippen molar-refractivity contribution in [1.29, 1.82) is 0 Å². The first-order valence-electron chi connectivity index (χ1n) is 11.9. The highest BCUT2D eigenvalue weighted by Gasteiger charge is 2.27. The van der Waals surface area contributed by atoms with E-state index < -0.39 is 0 Å². The third-order valence-corrected chi connectivity index (χ3v) is 6.84. The summed E-state index contributed by atoms with van der Waals surface area (Å²) in [5, 5.41) is 15.8. The van der Waals surface area contributed by atoms with Crippen LogP contribution in [0.25, 0.3) is 0 Å². The summed E-state index contributed by atoms with van der Waals surface area (Å²) in [5.41, 5.74) is 2.31. The van der Waals surface area contributed by atoms with Crippen LogP contribution in [0.1, 0.15) is 60.1 Å².